The predicted octanol–water partition coefficient (Wildman–Crippen LogP) is 4.25. The molecule has 0 aliphatic rings. The van der Waals surface area contributed by atoms with Crippen LogP contribution in [0.25, 0.3) is 0 Å². The van der Waals surface area contributed by atoms with Gasteiger partial charge in [0.1, 0.15) is 5.75 Å². The Morgan fingerprint density at radius 1 is 1.00 bits per heavy atom. The highest BCUT2D eigenvalue weighted by Gasteiger charge is 2.15. The first-order valence-corrected chi connectivity index (χ1v) is 13.5. The molecule has 0 bridgehead atoms. The first-order chi connectivity index (χ1) is 18.8. The number of hydrogen-bond donors (Lipinski definition) is 3. The van der Waals surface area contributed by atoms with Crippen LogP contribution in [-0.2, 0) is 20.9 Å². The van der Waals surface area contributed by atoms with Crippen molar-refractivity contribution in [3.8, 4) is 17.2 Å². The molecule has 0 aromatic heterocycles. The summed E-state index contributed by atoms with van der Waals surface area (Å²) in [5.74, 6) is -0.544. The normalized spacial score (nSPS) is 10.6. The predicted molar refractivity (Wildman–Crippen MR) is 159 cm³/mol. The fraction of sp³-hybridized carbons (Fsp3) is 0.185. The number of carbonyl (C=O) groups is 3. The molecule has 0 heterocycles. The number of nitrogens with one attached hydrogen (secondary N) is 3. The fourth-order valence-corrected chi connectivity index (χ4v) is 4.20. The van der Waals surface area contributed by atoms with Gasteiger partial charge in [0, 0.05) is 16.7 Å². The van der Waals surface area contributed by atoms with Gasteiger partial charge < -0.3 is 24.8 Å². The number of amides is 3. The van der Waals surface area contributed by atoms with E-state index in [1.165, 1.54) is 6.21 Å². The maximum Gasteiger partial charge on any atom is 0.329 e. The second-order valence-corrected chi connectivity index (χ2v) is 9.91. The van der Waals surface area contributed by atoms with Crippen LogP contribution in [0.2, 0.25) is 0 Å². The number of methoxy groups -OCH3 is 1. The number of halogens is 2. The minimum atomic E-state index is -0.906. The third kappa shape index (κ3) is 9.55. The van der Waals surface area contributed by atoms with Crippen LogP contribution < -0.4 is 30.3 Å². The standard InChI is InChI=1S/C27H26BrIN4O6/c1-3-38-23-13-18(12-22(29)25(23)39-16-24(34)32-20-8-6-19(28)7-9-20)15-31-33-27(36)26(35)30-14-17-4-10-21(37-2)11-5-17/h4-13,15H,3,14,16H2,1-2H3,(H,30,35)(H,32,34)(H,33,36)/b31-15-. The largest absolute Gasteiger partial charge is 0.497 e. The van der Waals surface area contributed by atoms with Crippen LogP contribution in [0.3, 0.4) is 0 Å². The van der Waals surface area contributed by atoms with E-state index in [9.17, 15) is 14.4 Å². The van der Waals surface area contributed by atoms with Crippen LogP contribution in [0.5, 0.6) is 17.2 Å². The number of benzene rings is 3. The van der Waals surface area contributed by atoms with E-state index in [4.69, 9.17) is 14.2 Å². The van der Waals surface area contributed by atoms with Gasteiger partial charge in [-0.1, -0.05) is 28.1 Å². The van der Waals surface area contributed by atoms with Crippen LogP contribution in [-0.4, -0.2) is 44.3 Å². The van der Waals surface area contributed by atoms with Crippen molar-refractivity contribution in [2.24, 2.45) is 5.10 Å². The van der Waals surface area contributed by atoms with Gasteiger partial charge >= 0.3 is 11.8 Å². The van der Waals surface area contributed by atoms with Crippen molar-refractivity contribution in [1.82, 2.24) is 10.7 Å². The Labute approximate surface area is 247 Å². The molecule has 3 aromatic carbocycles. The molecule has 0 aliphatic heterocycles. The summed E-state index contributed by atoms with van der Waals surface area (Å²) in [5, 5.41) is 9.17. The molecule has 12 heteroatoms. The second kappa shape index (κ2) is 15.1. The molecule has 0 atom stereocenters. The van der Waals surface area contributed by atoms with Crippen molar-refractivity contribution < 1.29 is 28.6 Å². The van der Waals surface area contributed by atoms with E-state index in [0.717, 1.165) is 10.0 Å². The zero-order chi connectivity index (χ0) is 28.2. The van der Waals surface area contributed by atoms with E-state index in [0.29, 0.717) is 38.7 Å². The SMILES string of the molecule is CCOc1cc(/C=N\NC(=O)C(=O)NCc2ccc(OC)cc2)cc(I)c1OCC(=O)Nc1ccc(Br)cc1. The van der Waals surface area contributed by atoms with Gasteiger partial charge in [-0.05, 0) is 89.2 Å². The van der Waals surface area contributed by atoms with Gasteiger partial charge in [-0.3, -0.25) is 14.4 Å². The van der Waals surface area contributed by atoms with Crippen molar-refractivity contribution in [1.29, 1.82) is 0 Å². The Hall–Kier alpha value is -3.65. The summed E-state index contributed by atoms with van der Waals surface area (Å²) < 4.78 is 18.1. The summed E-state index contributed by atoms with van der Waals surface area (Å²) in [5.41, 5.74) is 4.26. The van der Waals surface area contributed by atoms with Crippen LogP contribution >= 0.6 is 38.5 Å². The van der Waals surface area contributed by atoms with Gasteiger partial charge in [-0.15, -0.1) is 0 Å². The fourth-order valence-electron chi connectivity index (χ4n) is 3.16. The average Bonchev–Trinajstić information content (AvgIpc) is 2.93. The van der Waals surface area contributed by atoms with E-state index in [-0.39, 0.29) is 19.1 Å². The number of rotatable bonds is 11. The average molecular weight is 709 g/mol. The van der Waals surface area contributed by atoms with Gasteiger partial charge in [-0.2, -0.15) is 5.10 Å². The minimum Gasteiger partial charge on any atom is -0.497 e. The highest BCUT2D eigenvalue weighted by Crippen LogP contribution is 2.34. The first kappa shape index (κ1) is 29.9. The molecule has 10 nitrogen and oxygen atoms in total. The summed E-state index contributed by atoms with van der Waals surface area (Å²) >= 11 is 5.41. The lowest BCUT2D eigenvalue weighted by Gasteiger charge is -2.14. The van der Waals surface area contributed by atoms with E-state index >= 15 is 0 Å². The molecule has 0 aliphatic carbocycles. The Balaban J connectivity index is 1.55. The van der Waals surface area contributed by atoms with E-state index < -0.39 is 11.8 Å². The topological polar surface area (TPSA) is 127 Å². The molecule has 0 fully saturated rings. The van der Waals surface area contributed by atoms with Crippen LogP contribution in [0.1, 0.15) is 18.1 Å². The highest BCUT2D eigenvalue weighted by atomic mass is 127. The van der Waals surface area contributed by atoms with Crippen molar-refractivity contribution in [2.45, 2.75) is 13.5 Å². The van der Waals surface area contributed by atoms with Crippen molar-refractivity contribution in [3.63, 3.8) is 0 Å². The Kier molecular flexibility index (Phi) is 11.6. The van der Waals surface area contributed by atoms with Gasteiger partial charge in [0.25, 0.3) is 5.91 Å². The summed E-state index contributed by atoms with van der Waals surface area (Å²) in [4.78, 5) is 36.5. The van der Waals surface area contributed by atoms with Crippen molar-refractivity contribution in [2.75, 3.05) is 25.6 Å². The maximum absolute atomic E-state index is 12.3. The van der Waals surface area contributed by atoms with Gasteiger partial charge in [0.2, 0.25) is 0 Å². The second-order valence-electron chi connectivity index (χ2n) is 7.84. The summed E-state index contributed by atoms with van der Waals surface area (Å²) in [6.45, 7) is 2.14. The molecule has 0 radical (unpaired) electrons. The quantitative estimate of drug-likeness (QED) is 0.118. The monoisotopic (exact) mass is 708 g/mol. The van der Waals surface area contributed by atoms with Gasteiger partial charge in [0.15, 0.2) is 18.1 Å². The maximum atomic E-state index is 12.3. The van der Waals surface area contributed by atoms with Crippen molar-refractivity contribution >= 4 is 68.1 Å². The van der Waals surface area contributed by atoms with Crippen LogP contribution in [0.4, 0.5) is 5.69 Å². The molecule has 0 spiro atoms. The number of hydrogen-bond acceptors (Lipinski definition) is 7. The smallest absolute Gasteiger partial charge is 0.329 e. The molecule has 0 unspecified atom stereocenters. The molecule has 204 valence electrons. The van der Waals surface area contributed by atoms with Crippen LogP contribution in [0, 0.1) is 3.57 Å². The van der Waals surface area contributed by atoms with Crippen LogP contribution in [0.15, 0.2) is 70.2 Å². The molecular weight excluding hydrogens is 683 g/mol. The number of ether oxygens (including phenoxy) is 3. The Bertz CT molecular complexity index is 1330. The highest BCUT2D eigenvalue weighted by molar-refractivity contribution is 14.1. The third-order valence-electron chi connectivity index (χ3n) is 5.01. The van der Waals surface area contributed by atoms with E-state index in [1.54, 1.807) is 55.6 Å². The molecule has 0 saturated carbocycles. The Morgan fingerprint density at radius 2 is 1.72 bits per heavy atom. The Morgan fingerprint density at radius 3 is 2.38 bits per heavy atom. The number of nitrogens with zero attached hydrogens (tertiary/aromatic N) is 1. The van der Waals surface area contributed by atoms with Gasteiger partial charge in [0.05, 0.1) is 23.5 Å². The summed E-state index contributed by atoms with van der Waals surface area (Å²) in [6, 6.07) is 17.7. The third-order valence-corrected chi connectivity index (χ3v) is 6.34. The van der Waals surface area contributed by atoms with Crippen molar-refractivity contribution in [3.05, 3.63) is 79.8 Å². The molecular formula is C27H26BrIN4O6. The molecule has 3 N–H and O–H groups in total. The van der Waals surface area contributed by atoms with E-state index in [1.807, 2.05) is 19.1 Å². The zero-order valence-corrected chi connectivity index (χ0v) is 24.9. The minimum absolute atomic E-state index is 0.179. The summed E-state index contributed by atoms with van der Waals surface area (Å²) in [7, 11) is 1.57. The number of hydrazone groups is 1. The summed E-state index contributed by atoms with van der Waals surface area (Å²) in [6.07, 6.45) is 1.38. The lowest BCUT2D eigenvalue weighted by molar-refractivity contribution is -0.139. The van der Waals surface area contributed by atoms with Gasteiger partial charge in [-0.25, -0.2) is 5.43 Å². The molecule has 3 rings (SSSR count). The lowest BCUT2D eigenvalue weighted by Crippen LogP contribution is -2.37. The lowest BCUT2D eigenvalue weighted by atomic mass is 10.2. The number of anilines is 1. The first-order valence-electron chi connectivity index (χ1n) is 11.7. The van der Waals surface area contributed by atoms with E-state index in [2.05, 4.69) is 59.7 Å². The molecule has 3 amide bonds. The number of carbonyl (C=O) groups excluding carboxylic acids is 3. The zero-order valence-electron chi connectivity index (χ0n) is 21.1. The molecule has 39 heavy (non-hydrogen) atoms. The molecule has 3 aromatic rings. The molecule has 0 saturated heterocycles.